The number of aryl methyl sites for hydroxylation is 1. The van der Waals surface area contributed by atoms with Gasteiger partial charge in [0.2, 0.25) is 0 Å². The molecule has 1 aromatic carbocycles. The maximum atomic E-state index is 11.7. The van der Waals surface area contributed by atoms with Crippen molar-refractivity contribution in [1.82, 2.24) is 10.2 Å². The number of carbonyl (C=O) groups is 2. The lowest BCUT2D eigenvalue weighted by molar-refractivity contribution is -0.139. The molecular weight excluding hydrogens is 256 g/mol. The summed E-state index contributed by atoms with van der Waals surface area (Å²) in [4.78, 5) is 24.1. The summed E-state index contributed by atoms with van der Waals surface area (Å²) in [7, 11) is 1.52. The Balaban J connectivity index is 2.55. The largest absolute Gasteiger partial charge is 0.480 e. The zero-order valence-electron chi connectivity index (χ0n) is 11.4. The van der Waals surface area contributed by atoms with Crippen molar-refractivity contribution in [1.29, 1.82) is 0 Å². The van der Waals surface area contributed by atoms with Crippen LogP contribution in [0.3, 0.4) is 0 Å². The van der Waals surface area contributed by atoms with E-state index in [1.165, 1.54) is 11.9 Å². The zero-order chi connectivity index (χ0) is 15.0. The second kappa shape index (κ2) is 7.85. The lowest BCUT2D eigenvalue weighted by Crippen LogP contribution is -2.46. The number of benzene rings is 1. The van der Waals surface area contributed by atoms with E-state index in [0.717, 1.165) is 5.56 Å². The molecule has 1 unspecified atom stereocenters. The van der Waals surface area contributed by atoms with Crippen LogP contribution in [0.4, 0.5) is 4.79 Å². The first-order valence-electron chi connectivity index (χ1n) is 6.26. The van der Waals surface area contributed by atoms with Crippen LogP contribution in [-0.4, -0.2) is 41.6 Å². The molecule has 0 saturated heterocycles. The van der Waals surface area contributed by atoms with Gasteiger partial charge in [0.15, 0.2) is 0 Å². The average Bonchev–Trinajstić information content (AvgIpc) is 2.44. The first-order chi connectivity index (χ1) is 9.54. The first-order valence-corrected chi connectivity index (χ1v) is 6.26. The monoisotopic (exact) mass is 274 g/mol. The molecule has 0 aliphatic heterocycles. The second-order valence-electron chi connectivity index (χ2n) is 4.42. The van der Waals surface area contributed by atoms with Gasteiger partial charge in [0.25, 0.3) is 0 Å². The van der Waals surface area contributed by atoms with Gasteiger partial charge in [0, 0.05) is 7.05 Å². The van der Waals surface area contributed by atoms with Crippen LogP contribution >= 0.6 is 0 Å². The lowest BCUT2D eigenvalue weighted by atomic mass is 10.1. The van der Waals surface area contributed by atoms with Crippen molar-refractivity contribution in [2.75, 3.05) is 13.6 Å². The molecule has 1 atom stereocenters. The molecular formula is C15H18N2O3. The number of carboxylic acid groups (broad SMARTS) is 1. The Morgan fingerprint density at radius 1 is 1.40 bits per heavy atom. The molecule has 0 aromatic heterocycles. The predicted molar refractivity (Wildman–Crippen MR) is 76.2 cm³/mol. The van der Waals surface area contributed by atoms with E-state index in [9.17, 15) is 9.59 Å². The lowest BCUT2D eigenvalue weighted by Gasteiger charge is -2.19. The van der Waals surface area contributed by atoms with Crippen LogP contribution in [0, 0.1) is 12.3 Å². The van der Waals surface area contributed by atoms with Crippen molar-refractivity contribution in [3.8, 4) is 12.3 Å². The van der Waals surface area contributed by atoms with E-state index in [0.29, 0.717) is 12.8 Å². The number of carboxylic acids is 1. The number of carbonyl (C=O) groups excluding carboxylic acids is 1. The molecule has 2 amide bonds. The van der Waals surface area contributed by atoms with Gasteiger partial charge in [-0.25, -0.2) is 9.59 Å². The summed E-state index contributed by atoms with van der Waals surface area (Å²) < 4.78 is 0. The van der Waals surface area contributed by atoms with E-state index in [4.69, 9.17) is 11.5 Å². The molecule has 20 heavy (non-hydrogen) atoms. The van der Waals surface area contributed by atoms with Gasteiger partial charge >= 0.3 is 12.0 Å². The van der Waals surface area contributed by atoms with Gasteiger partial charge in [-0.15, -0.1) is 6.42 Å². The Morgan fingerprint density at radius 3 is 2.60 bits per heavy atom. The van der Waals surface area contributed by atoms with Crippen LogP contribution < -0.4 is 5.32 Å². The summed E-state index contributed by atoms with van der Waals surface area (Å²) in [6.07, 6.45) is 6.01. The topological polar surface area (TPSA) is 69.6 Å². The van der Waals surface area contributed by atoms with Crippen molar-refractivity contribution < 1.29 is 14.7 Å². The maximum absolute atomic E-state index is 11.7. The molecule has 106 valence electrons. The molecule has 0 spiro atoms. The van der Waals surface area contributed by atoms with Crippen LogP contribution in [0.5, 0.6) is 0 Å². The van der Waals surface area contributed by atoms with Gasteiger partial charge in [-0.3, -0.25) is 0 Å². The molecule has 2 N–H and O–H groups in total. The van der Waals surface area contributed by atoms with E-state index in [2.05, 4.69) is 11.2 Å². The van der Waals surface area contributed by atoms with Crippen molar-refractivity contribution >= 4 is 12.0 Å². The number of urea groups is 1. The van der Waals surface area contributed by atoms with Gasteiger partial charge in [-0.1, -0.05) is 36.3 Å². The van der Waals surface area contributed by atoms with Crippen LogP contribution in [-0.2, 0) is 11.2 Å². The molecule has 0 bridgehead atoms. The minimum atomic E-state index is -1.05. The van der Waals surface area contributed by atoms with Crippen LogP contribution in [0.1, 0.15) is 12.0 Å². The average molecular weight is 274 g/mol. The quantitative estimate of drug-likeness (QED) is 0.769. The highest BCUT2D eigenvalue weighted by Gasteiger charge is 2.21. The van der Waals surface area contributed by atoms with Crippen LogP contribution in [0.15, 0.2) is 30.3 Å². The Morgan fingerprint density at radius 2 is 2.05 bits per heavy atom. The van der Waals surface area contributed by atoms with Gasteiger partial charge < -0.3 is 15.3 Å². The van der Waals surface area contributed by atoms with Crippen molar-refractivity contribution in [2.24, 2.45) is 0 Å². The fraction of sp³-hybridized carbons (Fsp3) is 0.333. The van der Waals surface area contributed by atoms with Gasteiger partial charge in [-0.2, -0.15) is 0 Å². The maximum Gasteiger partial charge on any atom is 0.326 e. The summed E-state index contributed by atoms with van der Waals surface area (Å²) in [5, 5.41) is 11.6. The molecule has 0 radical (unpaired) electrons. The Kier molecular flexibility index (Phi) is 6.11. The Hall–Kier alpha value is -2.48. The van der Waals surface area contributed by atoms with Crippen molar-refractivity contribution in [2.45, 2.75) is 18.9 Å². The number of rotatable bonds is 6. The van der Waals surface area contributed by atoms with Crippen molar-refractivity contribution in [3.63, 3.8) is 0 Å². The number of nitrogens with zero attached hydrogens (tertiary/aromatic N) is 1. The summed E-state index contributed by atoms with van der Waals surface area (Å²) >= 11 is 0. The van der Waals surface area contributed by atoms with E-state index < -0.39 is 18.0 Å². The van der Waals surface area contributed by atoms with Gasteiger partial charge in [-0.05, 0) is 18.4 Å². The number of nitrogens with one attached hydrogen (secondary N) is 1. The SMILES string of the molecule is C#CCN(C)C(=O)NC(CCc1ccccc1)C(=O)O. The summed E-state index contributed by atoms with van der Waals surface area (Å²) in [6.45, 7) is 0.136. The van der Waals surface area contributed by atoms with E-state index in [1.807, 2.05) is 30.3 Å². The van der Waals surface area contributed by atoms with E-state index >= 15 is 0 Å². The molecule has 0 aliphatic rings. The summed E-state index contributed by atoms with van der Waals surface area (Å²) in [5.41, 5.74) is 1.03. The number of amides is 2. The Labute approximate surface area is 118 Å². The number of hydrogen-bond donors (Lipinski definition) is 2. The molecule has 5 heteroatoms. The Bertz CT molecular complexity index is 494. The molecule has 0 fully saturated rings. The standard InChI is InChI=1S/C15H18N2O3/c1-3-11-17(2)15(20)16-13(14(18)19)10-9-12-7-5-4-6-8-12/h1,4-8,13H,9-11H2,2H3,(H,16,20)(H,18,19). The molecule has 1 aromatic rings. The molecule has 0 aliphatic carbocycles. The first kappa shape index (κ1) is 15.6. The fourth-order valence-electron chi connectivity index (χ4n) is 1.68. The highest BCUT2D eigenvalue weighted by atomic mass is 16.4. The molecule has 0 heterocycles. The zero-order valence-corrected chi connectivity index (χ0v) is 11.4. The minimum absolute atomic E-state index is 0.136. The molecule has 0 saturated carbocycles. The third kappa shape index (κ3) is 5.02. The molecule has 1 rings (SSSR count). The van der Waals surface area contributed by atoms with Crippen LogP contribution in [0.2, 0.25) is 0 Å². The third-order valence-corrected chi connectivity index (χ3v) is 2.84. The normalized spacial score (nSPS) is 11.2. The number of aliphatic carboxylic acids is 1. The highest BCUT2D eigenvalue weighted by molar-refractivity contribution is 5.82. The van der Waals surface area contributed by atoms with Gasteiger partial charge in [0.05, 0.1) is 6.54 Å². The number of terminal acetylenes is 1. The summed E-state index contributed by atoms with van der Waals surface area (Å²) in [6, 6.07) is 8.12. The smallest absolute Gasteiger partial charge is 0.326 e. The molecule has 5 nitrogen and oxygen atoms in total. The highest BCUT2D eigenvalue weighted by Crippen LogP contribution is 2.05. The van der Waals surface area contributed by atoms with Crippen molar-refractivity contribution in [3.05, 3.63) is 35.9 Å². The van der Waals surface area contributed by atoms with Gasteiger partial charge in [0.1, 0.15) is 6.04 Å². The summed E-state index contributed by atoms with van der Waals surface area (Å²) in [5.74, 6) is 1.27. The minimum Gasteiger partial charge on any atom is -0.480 e. The van der Waals surface area contributed by atoms with E-state index in [1.54, 1.807) is 0 Å². The third-order valence-electron chi connectivity index (χ3n) is 2.84. The second-order valence-corrected chi connectivity index (χ2v) is 4.42. The van der Waals surface area contributed by atoms with E-state index in [-0.39, 0.29) is 6.54 Å². The predicted octanol–water partition coefficient (Wildman–Crippen LogP) is 1.35. The number of hydrogen-bond acceptors (Lipinski definition) is 2. The fourth-order valence-corrected chi connectivity index (χ4v) is 1.68. The van der Waals surface area contributed by atoms with Crippen LogP contribution in [0.25, 0.3) is 0 Å².